The van der Waals surface area contributed by atoms with Crippen LogP contribution in [-0.2, 0) is 11.3 Å². The van der Waals surface area contributed by atoms with E-state index < -0.39 is 0 Å². The van der Waals surface area contributed by atoms with Gasteiger partial charge in [0.25, 0.3) is 0 Å². The van der Waals surface area contributed by atoms with E-state index in [1.807, 2.05) is 18.2 Å². The van der Waals surface area contributed by atoms with Crippen molar-refractivity contribution >= 4 is 45.8 Å². The van der Waals surface area contributed by atoms with Crippen molar-refractivity contribution in [2.75, 3.05) is 0 Å². The third kappa shape index (κ3) is 4.63. The van der Waals surface area contributed by atoms with E-state index in [1.165, 1.54) is 0 Å². The molecule has 1 saturated carbocycles. The highest BCUT2D eigenvalue weighted by molar-refractivity contribution is 9.10. The van der Waals surface area contributed by atoms with Crippen LogP contribution in [0.3, 0.4) is 0 Å². The van der Waals surface area contributed by atoms with Crippen molar-refractivity contribution in [2.24, 2.45) is 11.7 Å². The standard InChI is InChI=1S/C13H16BrClN2O.ClH/c14-10-3-1-9(12(15)6-10)7-17-13(18)8-2-4-11(16)5-8;/h1,3,6,8,11H,2,4-5,7,16H2,(H,17,18);1H. The zero-order valence-electron chi connectivity index (χ0n) is 10.4. The molecule has 2 atom stereocenters. The number of halogens is 3. The Bertz CT molecular complexity index is 456. The molecule has 1 aliphatic carbocycles. The average molecular weight is 368 g/mol. The van der Waals surface area contributed by atoms with Crippen molar-refractivity contribution in [1.29, 1.82) is 0 Å². The van der Waals surface area contributed by atoms with Crippen LogP contribution in [0.25, 0.3) is 0 Å². The third-order valence-corrected chi connectivity index (χ3v) is 4.16. The third-order valence-electron chi connectivity index (χ3n) is 3.31. The van der Waals surface area contributed by atoms with Gasteiger partial charge in [-0.2, -0.15) is 0 Å². The first-order valence-electron chi connectivity index (χ1n) is 6.03. The lowest BCUT2D eigenvalue weighted by molar-refractivity contribution is -0.125. The van der Waals surface area contributed by atoms with E-state index in [0.717, 1.165) is 29.3 Å². The molecule has 1 aliphatic rings. The average Bonchev–Trinajstić information content (AvgIpc) is 2.74. The summed E-state index contributed by atoms with van der Waals surface area (Å²) >= 11 is 9.45. The van der Waals surface area contributed by atoms with Gasteiger partial charge in [0.15, 0.2) is 0 Å². The fourth-order valence-electron chi connectivity index (χ4n) is 2.25. The first kappa shape index (κ1) is 16.8. The van der Waals surface area contributed by atoms with Crippen LogP contribution in [0.4, 0.5) is 0 Å². The predicted octanol–water partition coefficient (Wildman–Crippen LogP) is 3.27. The monoisotopic (exact) mass is 366 g/mol. The summed E-state index contributed by atoms with van der Waals surface area (Å²) in [5.74, 6) is 0.149. The Morgan fingerprint density at radius 3 is 2.79 bits per heavy atom. The van der Waals surface area contributed by atoms with Gasteiger partial charge in [-0.15, -0.1) is 12.4 Å². The lowest BCUT2D eigenvalue weighted by atomic mass is 10.1. The number of carbonyl (C=O) groups is 1. The number of rotatable bonds is 3. The second-order valence-corrected chi connectivity index (χ2v) is 6.05. The molecule has 3 nitrogen and oxygen atoms in total. The number of amides is 1. The molecule has 0 spiro atoms. The Kier molecular flexibility index (Phi) is 6.60. The van der Waals surface area contributed by atoms with Crippen molar-refractivity contribution in [3.63, 3.8) is 0 Å². The van der Waals surface area contributed by atoms with E-state index in [2.05, 4.69) is 21.2 Å². The molecule has 0 radical (unpaired) electrons. The summed E-state index contributed by atoms with van der Waals surface area (Å²) in [6.07, 6.45) is 2.62. The Hall–Kier alpha value is -0.290. The van der Waals surface area contributed by atoms with Crippen molar-refractivity contribution in [1.82, 2.24) is 5.32 Å². The Balaban J connectivity index is 0.00000180. The molecule has 0 bridgehead atoms. The van der Waals surface area contributed by atoms with Crippen molar-refractivity contribution < 1.29 is 4.79 Å². The van der Waals surface area contributed by atoms with Gasteiger partial charge in [-0.25, -0.2) is 0 Å². The lowest BCUT2D eigenvalue weighted by Gasteiger charge is -2.11. The molecule has 1 fully saturated rings. The zero-order valence-corrected chi connectivity index (χ0v) is 13.5. The summed E-state index contributed by atoms with van der Waals surface area (Å²) in [5, 5.41) is 3.59. The Morgan fingerprint density at radius 2 is 2.21 bits per heavy atom. The van der Waals surface area contributed by atoms with Crippen molar-refractivity contribution in [3.8, 4) is 0 Å². The second-order valence-electron chi connectivity index (χ2n) is 4.72. The number of benzene rings is 1. The number of nitrogens with two attached hydrogens (primary N) is 1. The van der Waals surface area contributed by atoms with Crippen LogP contribution < -0.4 is 11.1 Å². The maximum Gasteiger partial charge on any atom is 0.223 e. The van der Waals surface area contributed by atoms with Gasteiger partial charge in [0, 0.05) is 28.0 Å². The van der Waals surface area contributed by atoms with Crippen LogP contribution in [0.2, 0.25) is 5.02 Å². The SMILES string of the molecule is Cl.NC1CCC(C(=O)NCc2ccc(Br)cc2Cl)C1. The van der Waals surface area contributed by atoms with E-state index in [9.17, 15) is 4.79 Å². The maximum atomic E-state index is 11.9. The van der Waals surface area contributed by atoms with Gasteiger partial charge in [-0.3, -0.25) is 4.79 Å². The molecule has 2 rings (SSSR count). The Labute approximate surface area is 132 Å². The minimum absolute atomic E-state index is 0. The molecular formula is C13H17BrCl2N2O. The molecular weight excluding hydrogens is 351 g/mol. The maximum absolute atomic E-state index is 11.9. The van der Waals surface area contributed by atoms with Gasteiger partial charge < -0.3 is 11.1 Å². The highest BCUT2D eigenvalue weighted by Gasteiger charge is 2.27. The van der Waals surface area contributed by atoms with Crippen LogP contribution in [0.15, 0.2) is 22.7 Å². The predicted molar refractivity (Wildman–Crippen MR) is 83.6 cm³/mol. The molecule has 106 valence electrons. The molecule has 1 aromatic rings. The van der Waals surface area contributed by atoms with Gasteiger partial charge in [0.05, 0.1) is 0 Å². The first-order valence-corrected chi connectivity index (χ1v) is 7.20. The summed E-state index contributed by atoms with van der Waals surface area (Å²) in [7, 11) is 0. The lowest BCUT2D eigenvalue weighted by Crippen LogP contribution is -2.30. The summed E-state index contributed by atoms with van der Waals surface area (Å²) in [4.78, 5) is 11.9. The van der Waals surface area contributed by atoms with Gasteiger partial charge in [-0.1, -0.05) is 33.6 Å². The Morgan fingerprint density at radius 1 is 1.47 bits per heavy atom. The molecule has 0 aromatic heterocycles. The molecule has 1 aromatic carbocycles. The number of hydrogen-bond donors (Lipinski definition) is 2. The van der Waals surface area contributed by atoms with Gasteiger partial charge in [0.2, 0.25) is 5.91 Å². The number of nitrogens with one attached hydrogen (secondary N) is 1. The molecule has 2 unspecified atom stereocenters. The fraction of sp³-hybridized carbons (Fsp3) is 0.462. The molecule has 1 amide bonds. The molecule has 3 N–H and O–H groups in total. The van der Waals surface area contributed by atoms with Crippen LogP contribution in [0, 0.1) is 5.92 Å². The summed E-state index contributed by atoms with van der Waals surface area (Å²) in [6.45, 7) is 0.469. The molecule has 0 heterocycles. The van der Waals surface area contributed by atoms with E-state index in [1.54, 1.807) is 0 Å². The fourth-order valence-corrected chi connectivity index (χ4v) is 2.99. The molecule has 19 heavy (non-hydrogen) atoms. The van der Waals surface area contributed by atoms with Gasteiger partial charge in [-0.05, 0) is 37.0 Å². The van der Waals surface area contributed by atoms with Crippen LogP contribution >= 0.6 is 39.9 Å². The van der Waals surface area contributed by atoms with Crippen molar-refractivity contribution in [3.05, 3.63) is 33.3 Å². The minimum atomic E-state index is 0. The largest absolute Gasteiger partial charge is 0.352 e. The number of carbonyl (C=O) groups excluding carboxylic acids is 1. The molecule has 6 heteroatoms. The van der Waals surface area contributed by atoms with E-state index >= 15 is 0 Å². The quantitative estimate of drug-likeness (QED) is 0.861. The van der Waals surface area contributed by atoms with Gasteiger partial charge in [0.1, 0.15) is 0 Å². The summed E-state index contributed by atoms with van der Waals surface area (Å²) in [6, 6.07) is 5.83. The topological polar surface area (TPSA) is 55.1 Å². The van der Waals surface area contributed by atoms with E-state index in [0.29, 0.717) is 11.6 Å². The van der Waals surface area contributed by atoms with Crippen LogP contribution in [0.1, 0.15) is 24.8 Å². The first-order chi connectivity index (χ1) is 8.56. The van der Waals surface area contributed by atoms with Crippen LogP contribution in [0.5, 0.6) is 0 Å². The zero-order chi connectivity index (χ0) is 13.1. The number of hydrogen-bond acceptors (Lipinski definition) is 2. The highest BCUT2D eigenvalue weighted by atomic mass is 79.9. The van der Waals surface area contributed by atoms with E-state index in [-0.39, 0.29) is 30.3 Å². The second kappa shape index (κ2) is 7.48. The highest BCUT2D eigenvalue weighted by Crippen LogP contribution is 2.25. The van der Waals surface area contributed by atoms with Crippen LogP contribution in [-0.4, -0.2) is 11.9 Å². The minimum Gasteiger partial charge on any atom is -0.352 e. The van der Waals surface area contributed by atoms with E-state index in [4.69, 9.17) is 17.3 Å². The normalized spacial score (nSPS) is 21.8. The smallest absolute Gasteiger partial charge is 0.223 e. The summed E-state index contributed by atoms with van der Waals surface area (Å²) in [5.41, 5.74) is 6.73. The van der Waals surface area contributed by atoms with Crippen molar-refractivity contribution in [2.45, 2.75) is 31.8 Å². The van der Waals surface area contributed by atoms with Gasteiger partial charge >= 0.3 is 0 Å². The molecule has 0 saturated heterocycles. The summed E-state index contributed by atoms with van der Waals surface area (Å²) < 4.78 is 0.935. The molecule has 0 aliphatic heterocycles.